The minimum atomic E-state index is -3.45. The first kappa shape index (κ1) is 63.8. The molecule has 2 aromatic carbocycles. The highest BCUT2D eigenvalue weighted by molar-refractivity contribution is 7.33. The standard InChI is InChI=1S/C53H67N13O18P2/c1-28(2)39(61-51(73)82-53(3,4)5)46(70)60-35(12-9-18-56-49(54)72)45(69)59-32-15-13-29(14-16-32)23-77-52(74)65(6)22-30-10-7-8-11-34(30)44(68)63-50-62-43-40(47(71)64-50)58-27-66(43)48-42-41(67)37(81-48)25-79-85(75)83-36-21-33(80-38-17-19-55-26-57-38)20-31(36)24-78-86(76)84-42/h7-8,10-11,13-17,19,26-28,31,33,35-37,39,42,48,85-86H,9,12,18,20-25H2,1-6H3,(H,59,69)(H,60,70)(H,61,73)(H3,54,56,72)(H2,62,63,64,68,71)/t31-,33-,35+,36+,37-,39+,42-,48-/m1/s1. The number of urea groups is 1. The van der Waals surface area contributed by atoms with Crippen molar-refractivity contribution in [3.63, 3.8) is 0 Å². The number of nitrogens with one attached hydrogen (secondary N) is 6. The van der Waals surface area contributed by atoms with E-state index in [0.717, 1.165) is 6.33 Å². The van der Waals surface area contributed by atoms with E-state index in [1.54, 1.807) is 83.1 Å². The Kier molecular flexibility index (Phi) is 21.4. The van der Waals surface area contributed by atoms with Crippen molar-refractivity contribution in [1.29, 1.82) is 0 Å². The number of aromatic nitrogens is 6. The van der Waals surface area contributed by atoms with Crippen LogP contribution >= 0.6 is 16.5 Å². The summed E-state index contributed by atoms with van der Waals surface area (Å²) in [6.07, 6.45) is -2.25. The first-order valence-electron chi connectivity index (χ1n) is 27.2. The van der Waals surface area contributed by atoms with E-state index in [4.69, 9.17) is 42.8 Å². The molecule has 0 spiro atoms. The Labute approximate surface area is 492 Å². The number of H-pyrrole nitrogens is 1. The minimum absolute atomic E-state index is 0.0858. The highest BCUT2D eigenvalue weighted by Crippen LogP contribution is 2.44. The molecule has 2 saturated heterocycles. The van der Waals surface area contributed by atoms with Crippen LogP contribution in [0.15, 0.2) is 78.2 Å². The van der Waals surface area contributed by atoms with Crippen LogP contribution in [-0.2, 0) is 69.0 Å². The van der Waals surface area contributed by atoms with Crippen molar-refractivity contribution in [2.75, 3.05) is 37.4 Å². The summed E-state index contributed by atoms with van der Waals surface area (Å²) in [5, 5.41) is 13.0. The number of ether oxygens (including phenoxy) is 4. The van der Waals surface area contributed by atoms with Crippen LogP contribution in [0, 0.1) is 11.8 Å². The number of imidazole rings is 1. The second kappa shape index (κ2) is 28.8. The maximum atomic E-state index is 13.9. The van der Waals surface area contributed by atoms with Crippen molar-refractivity contribution >= 4 is 81.0 Å². The number of anilines is 2. The smallest absolute Gasteiger partial charge is 0.410 e. The number of aromatic amines is 1. The van der Waals surface area contributed by atoms with Crippen molar-refractivity contribution in [2.45, 2.75) is 122 Å². The second-order valence-corrected chi connectivity index (χ2v) is 23.6. The van der Waals surface area contributed by atoms with Crippen LogP contribution in [0.1, 0.15) is 88.0 Å². The number of benzene rings is 2. The lowest BCUT2D eigenvalue weighted by molar-refractivity contribution is -0.128. The summed E-state index contributed by atoms with van der Waals surface area (Å²) in [6, 6.07) is 11.3. The Morgan fingerprint density at radius 2 is 1.66 bits per heavy atom. The van der Waals surface area contributed by atoms with E-state index >= 15 is 0 Å². The number of ketones is 1. The molecule has 33 heteroatoms. The molecule has 3 aliphatic rings. The molecule has 8 rings (SSSR count). The molecule has 462 valence electrons. The maximum Gasteiger partial charge on any atom is 0.410 e. The lowest BCUT2D eigenvalue weighted by atomic mass is 10.0. The van der Waals surface area contributed by atoms with Crippen molar-refractivity contribution in [1.82, 2.24) is 50.3 Å². The molecule has 2 unspecified atom stereocenters. The highest BCUT2D eigenvalue weighted by Gasteiger charge is 2.48. The summed E-state index contributed by atoms with van der Waals surface area (Å²) < 4.78 is 73.3. The summed E-state index contributed by atoms with van der Waals surface area (Å²) in [6.45, 7) is 7.55. The van der Waals surface area contributed by atoms with Gasteiger partial charge in [0.05, 0.1) is 25.6 Å². The predicted molar refractivity (Wildman–Crippen MR) is 304 cm³/mol. The summed E-state index contributed by atoms with van der Waals surface area (Å²) in [5.74, 6) is -3.61. The fraction of sp³-hybridized carbons (Fsp3) is 0.472. The average molecular weight is 1240 g/mol. The first-order valence-corrected chi connectivity index (χ1v) is 29.7. The van der Waals surface area contributed by atoms with Crippen LogP contribution < -0.4 is 42.6 Å². The van der Waals surface area contributed by atoms with Gasteiger partial charge in [-0.25, -0.2) is 29.3 Å². The van der Waals surface area contributed by atoms with Gasteiger partial charge in [-0.2, -0.15) is 4.98 Å². The topological polar surface area (TPSA) is 406 Å². The van der Waals surface area contributed by atoms with E-state index in [9.17, 15) is 47.5 Å². The van der Waals surface area contributed by atoms with Gasteiger partial charge in [0, 0.05) is 56.0 Å². The lowest BCUT2D eigenvalue weighted by Gasteiger charge is -2.27. The fourth-order valence-electron chi connectivity index (χ4n) is 9.40. The van der Waals surface area contributed by atoms with Crippen LogP contribution in [0.3, 0.4) is 0 Å². The highest BCUT2D eigenvalue weighted by atomic mass is 31.1. The summed E-state index contributed by atoms with van der Waals surface area (Å²) >= 11 is 0. The molecule has 0 radical (unpaired) electrons. The number of hydrogen-bond donors (Lipinski definition) is 7. The van der Waals surface area contributed by atoms with Gasteiger partial charge in [-0.3, -0.25) is 52.5 Å². The fourth-order valence-corrected chi connectivity index (χ4v) is 11.1. The van der Waals surface area contributed by atoms with Gasteiger partial charge >= 0.3 is 34.7 Å². The molecule has 2 aliphatic heterocycles. The first-order chi connectivity index (χ1) is 41.0. The quantitative estimate of drug-likeness (QED) is 0.0448. The number of rotatable bonds is 19. The normalized spacial score (nSPS) is 22.2. The number of fused-ring (bicyclic) bond motifs is 4. The van der Waals surface area contributed by atoms with Crippen molar-refractivity contribution < 1.29 is 79.7 Å². The number of nitrogens with two attached hydrogens (primary N) is 1. The molecule has 2 bridgehead atoms. The molecular weight excluding hydrogens is 1170 g/mol. The zero-order chi connectivity index (χ0) is 61.8. The molecule has 8 N–H and O–H groups in total. The third kappa shape index (κ3) is 17.3. The maximum absolute atomic E-state index is 13.9. The number of carbonyl (C=O) groups is 7. The number of nitrogens with zero attached hydrogens (tertiary/aromatic N) is 6. The number of alkyl carbamates (subject to hydrolysis) is 1. The molecule has 1 saturated carbocycles. The van der Waals surface area contributed by atoms with Gasteiger partial charge in [0.25, 0.3) is 11.5 Å². The van der Waals surface area contributed by atoms with Gasteiger partial charge in [0.15, 0.2) is 29.3 Å². The number of primary amides is 1. The molecule has 1 aliphatic carbocycles. The molecule has 5 aromatic rings. The molecule has 3 fully saturated rings. The Morgan fingerprint density at radius 3 is 2.38 bits per heavy atom. The van der Waals surface area contributed by atoms with E-state index in [1.165, 1.54) is 35.1 Å². The number of hydrogen-bond acceptors (Lipinski definition) is 22. The molecule has 86 heavy (non-hydrogen) atoms. The largest absolute Gasteiger partial charge is 0.474 e. The van der Waals surface area contributed by atoms with E-state index in [-0.39, 0.29) is 74.2 Å². The van der Waals surface area contributed by atoms with Crippen LogP contribution in [0.5, 0.6) is 5.88 Å². The zero-order valence-electron chi connectivity index (χ0n) is 47.6. The molecule has 7 amide bonds. The van der Waals surface area contributed by atoms with Crippen molar-refractivity contribution in [3.8, 4) is 5.88 Å². The Balaban J connectivity index is 0.870. The third-order valence-electron chi connectivity index (χ3n) is 13.6. The molecule has 3 aromatic heterocycles. The Morgan fingerprint density at radius 1 is 0.919 bits per heavy atom. The monoisotopic (exact) mass is 1240 g/mol. The number of amides is 7. The predicted octanol–water partition coefficient (Wildman–Crippen LogP) is 4.27. The van der Waals surface area contributed by atoms with E-state index in [2.05, 4.69) is 51.5 Å². The van der Waals surface area contributed by atoms with Crippen molar-refractivity contribution in [2.24, 2.45) is 17.6 Å². The summed E-state index contributed by atoms with van der Waals surface area (Å²) in [5.41, 5.74) is 4.49. The van der Waals surface area contributed by atoms with Gasteiger partial charge in [0.2, 0.25) is 23.6 Å². The van der Waals surface area contributed by atoms with Gasteiger partial charge < -0.3 is 64.4 Å². The Hall–Kier alpha value is -8.18. The van der Waals surface area contributed by atoms with E-state index in [1.807, 2.05) is 0 Å². The zero-order valence-corrected chi connectivity index (χ0v) is 49.6. The number of carbonyl (C=O) groups excluding carboxylic acids is 7. The molecule has 31 nitrogen and oxygen atoms in total. The van der Waals surface area contributed by atoms with Crippen LogP contribution in [0.25, 0.3) is 11.2 Å². The molecular formula is C53H67N13O18P2. The van der Waals surface area contributed by atoms with Crippen molar-refractivity contribution in [3.05, 3.63) is 100 Å². The summed E-state index contributed by atoms with van der Waals surface area (Å²) in [7, 11) is -5.24. The van der Waals surface area contributed by atoms with Crippen LogP contribution in [-0.4, -0.2) is 145 Å². The third-order valence-corrected chi connectivity index (χ3v) is 15.3. The van der Waals surface area contributed by atoms with E-state index < -0.39 is 125 Å². The van der Waals surface area contributed by atoms with Gasteiger partial charge in [-0.1, -0.05) is 44.2 Å². The second-order valence-electron chi connectivity index (χ2n) is 21.6. The minimum Gasteiger partial charge on any atom is -0.474 e. The van der Waals surface area contributed by atoms with Crippen LogP contribution in [0.4, 0.5) is 26.0 Å². The van der Waals surface area contributed by atoms with Gasteiger partial charge in [-0.15, -0.1) is 0 Å². The van der Waals surface area contributed by atoms with Gasteiger partial charge in [-0.05, 0) is 75.3 Å². The molecule has 10 atom stereocenters. The summed E-state index contributed by atoms with van der Waals surface area (Å²) in [4.78, 5) is 126. The SMILES string of the molecule is CC(C)[C@H](NC(=O)OC(C)(C)C)C(=O)N[C@@H](CCCNC(N)=O)C(=O)Nc1ccc(COC(=O)N(C)Cc2ccccc2C(=O)Nc2nc3c(ncn3[C@@H]3O[C@@H]4CO[PH](=O)O[C@H]5C[C@H](Oc6ccncn6)C[C@@H]5CO[PH](=O)O[C@@H]3C4=O)c(=O)[nH]2)cc1. The Bertz CT molecular complexity index is 3380. The van der Waals surface area contributed by atoms with Gasteiger partial charge in [0.1, 0.15) is 42.8 Å². The molecule has 5 heterocycles. The van der Waals surface area contributed by atoms with E-state index in [0.29, 0.717) is 29.1 Å². The average Bonchev–Trinajstić information content (AvgIpc) is 2.08. The lowest BCUT2D eigenvalue weighted by Crippen LogP contribution is -2.55. The number of Topliss-reactive ketones (excluding diaryl/α,β-unsaturated/α-hetero) is 1. The van der Waals surface area contributed by atoms with Crippen LogP contribution in [0.2, 0.25) is 0 Å².